The predicted octanol–water partition coefficient (Wildman–Crippen LogP) is 2.82. The molecule has 1 N–H and O–H groups in total. The number of esters is 1. The zero-order valence-corrected chi connectivity index (χ0v) is 14.2. The van der Waals surface area contributed by atoms with Crippen molar-refractivity contribution in [2.45, 2.75) is 45.6 Å². The minimum Gasteiger partial charge on any atom is -0.453 e. The molecular formula is C16H19IO3. The van der Waals surface area contributed by atoms with Crippen molar-refractivity contribution in [2.75, 3.05) is 6.61 Å². The number of carbonyl (C=O) groups is 1. The first kappa shape index (κ1) is 17.1. The van der Waals surface area contributed by atoms with Crippen LogP contribution in [-0.4, -0.2) is 23.3 Å². The molecule has 0 saturated heterocycles. The van der Waals surface area contributed by atoms with E-state index in [0.29, 0.717) is 12.8 Å². The molecule has 0 aliphatic heterocycles. The van der Waals surface area contributed by atoms with Crippen LogP contribution in [0.4, 0.5) is 0 Å². The molecule has 0 aromatic heterocycles. The predicted molar refractivity (Wildman–Crippen MR) is 86.9 cm³/mol. The highest BCUT2D eigenvalue weighted by atomic mass is 127. The number of carbonyl (C=O) groups excluding carboxylic acids is 1. The monoisotopic (exact) mass is 386 g/mol. The summed E-state index contributed by atoms with van der Waals surface area (Å²) in [7, 11) is 0. The molecule has 0 radical (unpaired) electrons. The van der Waals surface area contributed by atoms with Gasteiger partial charge in [0.25, 0.3) is 0 Å². The lowest BCUT2D eigenvalue weighted by molar-refractivity contribution is -0.152. The van der Waals surface area contributed by atoms with E-state index in [1.807, 2.05) is 42.5 Å². The Morgan fingerprint density at radius 3 is 2.85 bits per heavy atom. The fraction of sp³-hybridized carbons (Fsp3) is 0.562. The summed E-state index contributed by atoms with van der Waals surface area (Å²) in [5.41, 5.74) is -0.392. The molecule has 1 aliphatic carbocycles. The van der Waals surface area contributed by atoms with E-state index in [0.717, 1.165) is 12.0 Å². The van der Waals surface area contributed by atoms with Crippen molar-refractivity contribution in [1.29, 1.82) is 0 Å². The Morgan fingerprint density at radius 1 is 1.60 bits per heavy atom. The van der Waals surface area contributed by atoms with E-state index in [2.05, 4.69) is 21.7 Å². The second kappa shape index (κ2) is 7.15. The van der Waals surface area contributed by atoms with Crippen molar-refractivity contribution >= 4 is 28.6 Å². The summed E-state index contributed by atoms with van der Waals surface area (Å²) in [5, 5.41) is 9.25. The lowest BCUT2D eigenvalue weighted by Gasteiger charge is -2.28. The molecule has 3 nitrogen and oxygen atoms in total. The number of allylic oxidation sites excluding steroid dienone is 1. The number of halogens is 1. The smallest absolute Gasteiger partial charge is 0.303 e. The molecule has 20 heavy (non-hydrogen) atoms. The molecule has 4 heteroatoms. The van der Waals surface area contributed by atoms with E-state index in [9.17, 15) is 9.90 Å². The fourth-order valence-corrected chi connectivity index (χ4v) is 2.18. The quantitative estimate of drug-likeness (QED) is 0.461. The van der Waals surface area contributed by atoms with Crippen LogP contribution in [0.3, 0.4) is 0 Å². The maximum absolute atomic E-state index is 11.4. The molecule has 1 unspecified atom stereocenters. The van der Waals surface area contributed by atoms with E-state index in [-0.39, 0.29) is 12.6 Å². The topological polar surface area (TPSA) is 46.5 Å². The van der Waals surface area contributed by atoms with E-state index in [1.165, 1.54) is 6.92 Å². The first-order valence-electron chi connectivity index (χ1n) is 6.48. The first-order chi connectivity index (χ1) is 9.35. The number of hydrogen-bond donors (Lipinski definition) is 1. The van der Waals surface area contributed by atoms with Crippen LogP contribution in [0.25, 0.3) is 0 Å². The molecule has 0 spiro atoms. The van der Waals surface area contributed by atoms with Gasteiger partial charge in [-0.25, -0.2) is 0 Å². The Kier molecular flexibility index (Phi) is 6.10. The summed E-state index contributed by atoms with van der Waals surface area (Å²) in [6.45, 7) is 5.13. The van der Waals surface area contributed by atoms with Crippen LogP contribution in [0.2, 0.25) is 0 Å². The zero-order valence-electron chi connectivity index (χ0n) is 12.0. The SMILES string of the molecule is CC(=O)OC1(CC#CI)CCC=C1C#CC(C)(C)CO. The number of aliphatic hydroxyl groups excluding tert-OH is 1. The minimum absolute atomic E-state index is 0.0125. The van der Waals surface area contributed by atoms with Gasteiger partial charge >= 0.3 is 5.97 Å². The maximum atomic E-state index is 11.4. The van der Waals surface area contributed by atoms with E-state index in [4.69, 9.17) is 4.74 Å². The van der Waals surface area contributed by atoms with Crippen molar-refractivity contribution in [2.24, 2.45) is 5.41 Å². The Labute approximate surface area is 134 Å². The minimum atomic E-state index is -0.720. The van der Waals surface area contributed by atoms with Crippen LogP contribution in [0, 0.1) is 27.1 Å². The average Bonchev–Trinajstić information content (AvgIpc) is 2.76. The van der Waals surface area contributed by atoms with Crippen molar-refractivity contribution in [3.05, 3.63) is 11.6 Å². The highest BCUT2D eigenvalue weighted by molar-refractivity contribution is 14.1. The van der Waals surface area contributed by atoms with E-state index < -0.39 is 11.0 Å². The highest BCUT2D eigenvalue weighted by Crippen LogP contribution is 2.37. The van der Waals surface area contributed by atoms with Crippen molar-refractivity contribution in [3.63, 3.8) is 0 Å². The number of rotatable bonds is 3. The number of aliphatic hydroxyl groups is 1. The Morgan fingerprint density at radius 2 is 2.30 bits per heavy atom. The molecule has 1 rings (SSSR count). The molecule has 108 valence electrons. The number of hydrogen-bond acceptors (Lipinski definition) is 3. The van der Waals surface area contributed by atoms with Crippen LogP contribution in [0.15, 0.2) is 11.6 Å². The first-order valence-corrected chi connectivity index (χ1v) is 7.56. The third-order valence-corrected chi connectivity index (χ3v) is 3.48. The molecule has 1 aliphatic rings. The van der Waals surface area contributed by atoms with Gasteiger partial charge in [0.2, 0.25) is 0 Å². The van der Waals surface area contributed by atoms with Crippen LogP contribution in [0.1, 0.15) is 40.0 Å². The molecule has 0 fully saturated rings. The second-order valence-electron chi connectivity index (χ2n) is 5.48. The van der Waals surface area contributed by atoms with Gasteiger partial charge in [0.05, 0.1) is 13.0 Å². The zero-order chi connectivity index (χ0) is 15.2. The summed E-state index contributed by atoms with van der Waals surface area (Å²) in [4.78, 5) is 11.4. The lowest BCUT2D eigenvalue weighted by Crippen LogP contribution is -2.33. The molecule has 0 aromatic carbocycles. The fourth-order valence-electron chi connectivity index (χ4n) is 1.99. The van der Waals surface area contributed by atoms with Gasteiger partial charge in [-0.3, -0.25) is 4.79 Å². The Balaban J connectivity index is 3.07. The van der Waals surface area contributed by atoms with Gasteiger partial charge in [-0.15, -0.1) is 0 Å². The highest BCUT2D eigenvalue weighted by Gasteiger charge is 2.39. The normalized spacial score (nSPS) is 21.1. The molecular weight excluding hydrogens is 367 g/mol. The van der Waals surface area contributed by atoms with Gasteiger partial charge in [-0.1, -0.05) is 23.8 Å². The van der Waals surface area contributed by atoms with Crippen LogP contribution in [0.5, 0.6) is 0 Å². The van der Waals surface area contributed by atoms with Gasteiger partial charge in [-0.05, 0) is 30.6 Å². The molecule has 0 aromatic rings. The van der Waals surface area contributed by atoms with Crippen LogP contribution >= 0.6 is 22.6 Å². The van der Waals surface area contributed by atoms with Crippen LogP contribution in [-0.2, 0) is 9.53 Å². The summed E-state index contributed by atoms with van der Waals surface area (Å²) < 4.78 is 8.34. The van der Waals surface area contributed by atoms with Crippen LogP contribution < -0.4 is 0 Å². The largest absolute Gasteiger partial charge is 0.453 e. The van der Waals surface area contributed by atoms with E-state index in [1.54, 1.807) is 0 Å². The molecule has 0 saturated carbocycles. The summed E-state index contributed by atoms with van der Waals surface area (Å²) in [5.74, 6) is 8.78. The second-order valence-corrected chi connectivity index (χ2v) is 6.02. The standard InChI is InChI=1S/C16H19IO3/c1-13(19)20-16(9-5-11-17)8-4-6-14(16)7-10-15(2,3)12-18/h6,18H,4,8-9,12H2,1-3H3. The van der Waals surface area contributed by atoms with Crippen molar-refractivity contribution in [1.82, 2.24) is 0 Å². The van der Waals surface area contributed by atoms with Gasteiger partial charge in [0, 0.05) is 40.5 Å². The molecule has 0 heterocycles. The third-order valence-electron chi connectivity index (χ3n) is 3.10. The van der Waals surface area contributed by atoms with Gasteiger partial charge in [0.1, 0.15) is 0 Å². The van der Waals surface area contributed by atoms with Crippen molar-refractivity contribution < 1.29 is 14.6 Å². The lowest BCUT2D eigenvalue weighted by atomic mass is 9.89. The maximum Gasteiger partial charge on any atom is 0.303 e. The summed E-state index contributed by atoms with van der Waals surface area (Å²) in [6, 6.07) is 0. The van der Waals surface area contributed by atoms with Gasteiger partial charge in [0.15, 0.2) is 5.60 Å². The Hall–Kier alpha value is -0.980. The molecule has 0 bridgehead atoms. The van der Waals surface area contributed by atoms with E-state index >= 15 is 0 Å². The number of ether oxygens (including phenoxy) is 1. The Bertz CT molecular complexity index is 525. The molecule has 1 atom stereocenters. The average molecular weight is 386 g/mol. The van der Waals surface area contributed by atoms with Gasteiger partial charge in [-0.2, -0.15) is 0 Å². The summed E-state index contributed by atoms with van der Waals surface area (Å²) in [6.07, 6.45) is 3.98. The van der Waals surface area contributed by atoms with Gasteiger partial charge < -0.3 is 9.84 Å². The molecule has 0 amide bonds. The summed E-state index contributed by atoms with van der Waals surface area (Å²) >= 11 is 1.97. The van der Waals surface area contributed by atoms with Crippen molar-refractivity contribution in [3.8, 4) is 21.7 Å². The third kappa shape index (κ3) is 4.54.